The maximum Gasteiger partial charge on any atom is 0.407 e. The molecule has 4 aromatic rings. The molecule has 3 aromatic heterocycles. The maximum absolute atomic E-state index is 11.4. The van der Waals surface area contributed by atoms with Gasteiger partial charge in [0.05, 0.1) is 22.5 Å². The predicted octanol–water partition coefficient (Wildman–Crippen LogP) is 4.54. The number of aryl methyl sites for hydroxylation is 2. The Morgan fingerprint density at radius 2 is 1.97 bits per heavy atom. The van der Waals surface area contributed by atoms with Gasteiger partial charge in [-0.15, -0.1) is 0 Å². The van der Waals surface area contributed by atoms with Crippen LogP contribution in [0.3, 0.4) is 0 Å². The van der Waals surface area contributed by atoms with Gasteiger partial charge < -0.3 is 23.8 Å². The van der Waals surface area contributed by atoms with Gasteiger partial charge >= 0.3 is 6.09 Å². The van der Waals surface area contributed by atoms with Gasteiger partial charge in [0.2, 0.25) is 0 Å². The minimum absolute atomic E-state index is 0.119. The van der Waals surface area contributed by atoms with Crippen molar-refractivity contribution >= 4 is 17.1 Å². The summed E-state index contributed by atoms with van der Waals surface area (Å²) in [4.78, 5) is 22.6. The Balaban J connectivity index is 1.54. The van der Waals surface area contributed by atoms with Crippen LogP contribution in [0.5, 0.6) is 5.75 Å². The molecule has 1 atom stereocenters. The van der Waals surface area contributed by atoms with Gasteiger partial charge in [-0.25, -0.2) is 9.78 Å². The van der Waals surface area contributed by atoms with Crippen molar-refractivity contribution in [2.45, 2.75) is 38.6 Å². The van der Waals surface area contributed by atoms with E-state index in [0.29, 0.717) is 19.7 Å². The van der Waals surface area contributed by atoms with Crippen LogP contribution < -0.4 is 4.74 Å². The van der Waals surface area contributed by atoms with E-state index in [-0.39, 0.29) is 12.0 Å². The van der Waals surface area contributed by atoms with E-state index < -0.39 is 6.09 Å². The summed E-state index contributed by atoms with van der Waals surface area (Å²) in [5.41, 5.74) is 5.42. The lowest BCUT2D eigenvalue weighted by Crippen LogP contribution is -2.37. The number of ether oxygens (including phenoxy) is 1. The van der Waals surface area contributed by atoms with Crippen molar-refractivity contribution in [1.82, 2.24) is 24.6 Å². The quantitative estimate of drug-likeness (QED) is 0.479. The Labute approximate surface area is 196 Å². The Hall–Kier alpha value is -3.88. The number of amides is 1. The number of carbonyl (C=O) groups is 1. The molecule has 9 nitrogen and oxygen atoms in total. The van der Waals surface area contributed by atoms with Crippen molar-refractivity contribution in [2.75, 3.05) is 19.7 Å². The van der Waals surface area contributed by atoms with Crippen LogP contribution in [0.25, 0.3) is 22.2 Å². The SMILES string of the molecule is Cc1noc(C)c1-c1ccc2nc(C3CCN(C(=O)O)CC3)n3c2c1OC[C@@H]3c1ccccn1. The predicted molar refractivity (Wildman–Crippen MR) is 124 cm³/mol. The highest BCUT2D eigenvalue weighted by molar-refractivity contribution is 5.93. The average Bonchev–Trinajstić information content (AvgIpc) is 3.41. The second-order valence-electron chi connectivity index (χ2n) is 8.97. The Kier molecular flexibility index (Phi) is 4.79. The van der Waals surface area contributed by atoms with Gasteiger partial charge in [-0.1, -0.05) is 11.2 Å². The van der Waals surface area contributed by atoms with E-state index in [1.54, 1.807) is 6.20 Å². The minimum atomic E-state index is -0.862. The monoisotopic (exact) mass is 459 g/mol. The molecule has 0 aliphatic carbocycles. The number of likely N-dealkylation sites (tertiary alicyclic amines) is 1. The number of nitrogens with zero attached hydrogens (tertiary/aromatic N) is 5. The molecule has 1 N–H and O–H groups in total. The van der Waals surface area contributed by atoms with E-state index in [2.05, 4.69) is 14.7 Å². The summed E-state index contributed by atoms with van der Waals surface area (Å²) in [6.45, 7) is 5.28. The van der Waals surface area contributed by atoms with Gasteiger partial charge in [0.25, 0.3) is 0 Å². The largest absolute Gasteiger partial charge is 0.488 e. The zero-order valence-corrected chi connectivity index (χ0v) is 19.1. The number of hydrogen-bond donors (Lipinski definition) is 1. The molecule has 1 aromatic carbocycles. The number of benzene rings is 1. The molecule has 2 aliphatic heterocycles. The second-order valence-corrected chi connectivity index (χ2v) is 8.97. The van der Waals surface area contributed by atoms with Crippen molar-refractivity contribution in [3.8, 4) is 16.9 Å². The fourth-order valence-corrected chi connectivity index (χ4v) is 5.35. The molecule has 0 radical (unpaired) electrons. The van der Waals surface area contributed by atoms with E-state index in [9.17, 15) is 9.90 Å². The van der Waals surface area contributed by atoms with Gasteiger partial charge in [0.15, 0.2) is 5.75 Å². The molecule has 0 saturated carbocycles. The third-order valence-electron chi connectivity index (χ3n) is 6.99. The highest BCUT2D eigenvalue weighted by Crippen LogP contribution is 2.46. The van der Waals surface area contributed by atoms with Crippen LogP contribution in [0.2, 0.25) is 0 Å². The van der Waals surface area contributed by atoms with E-state index in [0.717, 1.165) is 63.7 Å². The number of carboxylic acid groups (broad SMARTS) is 1. The fourth-order valence-electron chi connectivity index (χ4n) is 5.35. The van der Waals surface area contributed by atoms with Crippen LogP contribution in [-0.4, -0.2) is 55.5 Å². The standard InChI is InChI=1S/C25H25N5O4/c1-14-21(15(2)34-28-14)17-6-7-19-22-23(17)33-13-20(18-5-3-4-10-26-18)30(22)24(27-19)16-8-11-29(12-9-16)25(31)32/h3-7,10,16,20H,8-9,11-13H2,1-2H3,(H,31,32)/t20-/m1/s1. The van der Waals surface area contributed by atoms with Crippen molar-refractivity contribution in [3.05, 3.63) is 59.5 Å². The second kappa shape index (κ2) is 7.86. The summed E-state index contributed by atoms with van der Waals surface area (Å²) in [6, 6.07) is 9.83. The third-order valence-corrected chi connectivity index (χ3v) is 6.99. The van der Waals surface area contributed by atoms with Crippen LogP contribution in [0.15, 0.2) is 41.1 Å². The molecule has 174 valence electrons. The Morgan fingerprint density at radius 3 is 2.65 bits per heavy atom. The number of rotatable bonds is 3. The third kappa shape index (κ3) is 3.14. The molecule has 5 heterocycles. The molecule has 6 rings (SSSR count). The van der Waals surface area contributed by atoms with Gasteiger partial charge in [0.1, 0.15) is 29.8 Å². The van der Waals surface area contributed by atoms with Gasteiger partial charge in [-0.2, -0.15) is 0 Å². The van der Waals surface area contributed by atoms with E-state index in [1.165, 1.54) is 4.90 Å². The summed E-state index contributed by atoms with van der Waals surface area (Å²) in [7, 11) is 0. The van der Waals surface area contributed by atoms with E-state index in [4.69, 9.17) is 14.2 Å². The van der Waals surface area contributed by atoms with Crippen LogP contribution in [0.1, 0.15) is 47.8 Å². The van der Waals surface area contributed by atoms with Gasteiger partial charge in [0, 0.05) is 30.8 Å². The van der Waals surface area contributed by atoms with Crippen LogP contribution >= 0.6 is 0 Å². The highest BCUT2D eigenvalue weighted by atomic mass is 16.5. The molecule has 2 aliphatic rings. The van der Waals surface area contributed by atoms with Crippen molar-refractivity contribution in [1.29, 1.82) is 0 Å². The van der Waals surface area contributed by atoms with Crippen LogP contribution in [0.4, 0.5) is 4.79 Å². The first kappa shape index (κ1) is 20.7. The molecule has 0 bridgehead atoms. The first-order chi connectivity index (χ1) is 16.5. The minimum Gasteiger partial charge on any atom is -0.488 e. The number of aromatic nitrogens is 4. The molecule has 34 heavy (non-hydrogen) atoms. The van der Waals surface area contributed by atoms with Crippen LogP contribution in [-0.2, 0) is 0 Å². The molecule has 1 amide bonds. The molecule has 9 heteroatoms. The molecular formula is C25H25N5O4. The Bertz CT molecular complexity index is 1370. The molecule has 0 unspecified atom stereocenters. The van der Waals surface area contributed by atoms with Gasteiger partial charge in [-0.05, 0) is 51.0 Å². The smallest absolute Gasteiger partial charge is 0.407 e. The maximum atomic E-state index is 11.4. The number of hydrogen-bond acceptors (Lipinski definition) is 6. The lowest BCUT2D eigenvalue weighted by atomic mass is 9.95. The number of imidazole rings is 1. The lowest BCUT2D eigenvalue weighted by molar-refractivity contribution is 0.130. The zero-order chi connectivity index (χ0) is 23.4. The summed E-state index contributed by atoms with van der Waals surface area (Å²) in [6.07, 6.45) is 2.40. The molecular weight excluding hydrogens is 434 g/mol. The molecule has 0 spiro atoms. The number of pyridine rings is 1. The Morgan fingerprint density at radius 1 is 1.15 bits per heavy atom. The fraction of sp³-hybridized carbons (Fsp3) is 0.360. The normalized spacial score (nSPS) is 18.3. The molecule has 1 saturated heterocycles. The first-order valence-electron chi connectivity index (χ1n) is 11.5. The molecule has 1 fully saturated rings. The number of piperidine rings is 1. The van der Waals surface area contributed by atoms with Crippen molar-refractivity contribution in [2.24, 2.45) is 0 Å². The highest BCUT2D eigenvalue weighted by Gasteiger charge is 2.35. The average molecular weight is 460 g/mol. The lowest BCUT2D eigenvalue weighted by Gasteiger charge is -2.33. The van der Waals surface area contributed by atoms with E-state index in [1.807, 2.05) is 44.2 Å². The summed E-state index contributed by atoms with van der Waals surface area (Å²) in [5, 5.41) is 13.5. The topological polar surface area (TPSA) is 107 Å². The summed E-state index contributed by atoms with van der Waals surface area (Å²) < 4.78 is 14.1. The van der Waals surface area contributed by atoms with Gasteiger partial charge in [-0.3, -0.25) is 4.98 Å². The van der Waals surface area contributed by atoms with Crippen molar-refractivity contribution < 1.29 is 19.2 Å². The summed E-state index contributed by atoms with van der Waals surface area (Å²) >= 11 is 0. The first-order valence-corrected chi connectivity index (χ1v) is 11.5. The van der Waals surface area contributed by atoms with Crippen molar-refractivity contribution in [3.63, 3.8) is 0 Å². The summed E-state index contributed by atoms with van der Waals surface area (Å²) in [5.74, 6) is 2.65. The zero-order valence-electron chi connectivity index (χ0n) is 19.1. The van der Waals surface area contributed by atoms with E-state index >= 15 is 0 Å². The van der Waals surface area contributed by atoms with Crippen LogP contribution in [0, 0.1) is 13.8 Å².